The minimum absolute atomic E-state index is 0.00210. The number of hydrogen-bond acceptors (Lipinski definition) is 11. The van der Waals surface area contributed by atoms with Gasteiger partial charge in [-0.15, -0.1) is 32.9 Å². The lowest BCUT2D eigenvalue weighted by molar-refractivity contribution is -0.144. The van der Waals surface area contributed by atoms with Gasteiger partial charge in [0.15, 0.2) is 0 Å². The van der Waals surface area contributed by atoms with Crippen molar-refractivity contribution in [1.29, 1.82) is 0 Å². The third-order valence-corrected chi connectivity index (χ3v) is 13.7. The average molecular weight is 852 g/mol. The number of thiophene rings is 1. The molecule has 15 heteroatoms. The van der Waals surface area contributed by atoms with Gasteiger partial charge in [0, 0.05) is 55.9 Å². The summed E-state index contributed by atoms with van der Waals surface area (Å²) in [5, 5.41) is 35.5. The summed E-state index contributed by atoms with van der Waals surface area (Å²) in [5.41, 5.74) is 6.17. The SMILES string of the molecule is Cc1ncsc1-c1ccc(CNC(=O)[C@@H]2C[C@@H](O)CN2C(=O)[C@@H](NC(=O)CCCCC(=O)N2CCC(c3cc4nnc(-c5ccccc5O)cc4s3)CC2)C(C)(C)C)cc1. The van der Waals surface area contributed by atoms with Gasteiger partial charge < -0.3 is 30.6 Å². The van der Waals surface area contributed by atoms with Gasteiger partial charge in [-0.1, -0.05) is 57.2 Å². The molecule has 2 fully saturated rings. The molecule has 0 saturated carbocycles. The Morgan fingerprint density at radius 1 is 0.967 bits per heavy atom. The van der Waals surface area contributed by atoms with Crippen molar-refractivity contribution >= 4 is 56.5 Å². The number of aliphatic hydroxyl groups is 1. The van der Waals surface area contributed by atoms with Gasteiger partial charge in [0.1, 0.15) is 23.3 Å². The van der Waals surface area contributed by atoms with Gasteiger partial charge in [-0.05, 0) is 79.3 Å². The first-order valence-electron chi connectivity index (χ1n) is 20.6. The van der Waals surface area contributed by atoms with E-state index in [1.807, 2.05) is 80.6 Å². The van der Waals surface area contributed by atoms with Gasteiger partial charge in [-0.3, -0.25) is 19.2 Å². The Bertz CT molecular complexity index is 2330. The maximum atomic E-state index is 14.0. The first-order chi connectivity index (χ1) is 28.7. The fourth-order valence-electron chi connectivity index (χ4n) is 8.03. The third kappa shape index (κ3) is 10.0. The van der Waals surface area contributed by atoms with E-state index in [2.05, 4.69) is 31.9 Å². The smallest absolute Gasteiger partial charge is 0.246 e. The number of piperidine rings is 1. The highest BCUT2D eigenvalue weighted by molar-refractivity contribution is 7.19. The van der Waals surface area contributed by atoms with Crippen LogP contribution in [0, 0.1) is 12.3 Å². The number of carbonyl (C=O) groups excluding carboxylic acids is 4. The Kier molecular flexibility index (Phi) is 13.3. The van der Waals surface area contributed by atoms with E-state index in [9.17, 15) is 29.4 Å². The lowest BCUT2D eigenvalue weighted by Crippen LogP contribution is -2.57. The second kappa shape index (κ2) is 18.6. The molecule has 2 saturated heterocycles. The Hall–Kier alpha value is -5.25. The number of nitrogens with zero attached hydrogens (tertiary/aromatic N) is 5. The van der Waals surface area contributed by atoms with Crippen LogP contribution >= 0.6 is 22.7 Å². The molecule has 2 aromatic carbocycles. The molecule has 0 bridgehead atoms. The normalized spacial score (nSPS) is 17.8. The summed E-state index contributed by atoms with van der Waals surface area (Å²) >= 11 is 3.26. The molecule has 13 nitrogen and oxygen atoms in total. The largest absolute Gasteiger partial charge is 0.507 e. The number of β-amino-alcohol motifs (C(OH)–C–C–N with tert-alkyl or cyclic N) is 1. The lowest BCUT2D eigenvalue weighted by Gasteiger charge is -2.35. The standard InChI is InChI=1S/C45H53N7O6S2/c1-27-41(59-26-47-27)30-15-13-28(14-16-30)24-46-43(57)35-21-31(53)25-52(35)44(58)42(45(2,3)4)48-39(55)11-7-8-12-40(56)51-19-17-29(18-20-51)37-23-34-38(60-37)22-33(49-50-34)32-9-5-6-10-36(32)54/h5-6,9-10,13-16,22-23,26,29,31,35,42,53-54H,7-8,11-12,17-21,24-25H2,1-4H3,(H,46,57)(H,48,55)/t31-,35+,42-/m1/s1. The molecule has 0 radical (unpaired) electrons. The van der Waals surface area contributed by atoms with Crippen molar-refractivity contribution in [1.82, 2.24) is 35.6 Å². The van der Waals surface area contributed by atoms with Gasteiger partial charge >= 0.3 is 0 Å². The number of thiazole rings is 1. The van der Waals surface area contributed by atoms with E-state index in [-0.39, 0.29) is 49.4 Å². The number of phenolic OH excluding ortho intramolecular Hbond substituents is 1. The van der Waals surface area contributed by atoms with E-state index in [0.717, 1.165) is 44.8 Å². The van der Waals surface area contributed by atoms with Gasteiger partial charge in [0.25, 0.3) is 0 Å². The number of rotatable bonds is 13. The number of hydrogen-bond donors (Lipinski definition) is 4. The second-order valence-corrected chi connectivity index (χ2v) is 18.9. The van der Waals surface area contributed by atoms with E-state index in [1.165, 1.54) is 9.78 Å². The molecule has 0 unspecified atom stereocenters. The summed E-state index contributed by atoms with van der Waals surface area (Å²) in [6, 6.07) is 17.3. The molecule has 4 amide bonds. The maximum absolute atomic E-state index is 14.0. The molecule has 7 rings (SSSR count). The molecular formula is C45H53N7O6S2. The first-order valence-corrected chi connectivity index (χ1v) is 22.3. The van der Waals surface area contributed by atoms with Crippen LogP contribution in [0.2, 0.25) is 0 Å². The topological polar surface area (TPSA) is 178 Å². The highest BCUT2D eigenvalue weighted by Crippen LogP contribution is 2.38. The predicted octanol–water partition coefficient (Wildman–Crippen LogP) is 6.57. The molecule has 3 atom stereocenters. The van der Waals surface area contributed by atoms with Crippen LogP contribution in [-0.4, -0.2) is 96.6 Å². The van der Waals surface area contributed by atoms with Crippen molar-refractivity contribution in [2.75, 3.05) is 19.6 Å². The molecule has 2 aliphatic heterocycles. The third-order valence-electron chi connectivity index (χ3n) is 11.5. The minimum atomic E-state index is -0.913. The van der Waals surface area contributed by atoms with Gasteiger partial charge in [-0.2, -0.15) is 0 Å². The minimum Gasteiger partial charge on any atom is -0.507 e. The fourth-order valence-corrected chi connectivity index (χ4v) is 10.0. The lowest BCUT2D eigenvalue weighted by atomic mass is 9.85. The highest BCUT2D eigenvalue weighted by atomic mass is 32.1. The predicted molar refractivity (Wildman–Crippen MR) is 233 cm³/mol. The number of nitrogens with one attached hydrogen (secondary N) is 2. The highest BCUT2D eigenvalue weighted by Gasteiger charge is 2.44. The second-order valence-electron chi connectivity index (χ2n) is 17.0. The van der Waals surface area contributed by atoms with Crippen LogP contribution < -0.4 is 10.6 Å². The zero-order chi connectivity index (χ0) is 42.6. The monoisotopic (exact) mass is 851 g/mol. The summed E-state index contributed by atoms with van der Waals surface area (Å²) in [6.07, 6.45) is 2.48. The molecule has 2 aliphatic rings. The summed E-state index contributed by atoms with van der Waals surface area (Å²) < 4.78 is 1.01. The van der Waals surface area contributed by atoms with Crippen molar-refractivity contribution in [3.8, 4) is 27.4 Å². The number of amides is 4. The van der Waals surface area contributed by atoms with Gasteiger partial charge in [0.2, 0.25) is 23.6 Å². The number of likely N-dealkylation sites (tertiary alicyclic amines) is 2. The van der Waals surface area contributed by atoms with Gasteiger partial charge in [-0.25, -0.2) is 4.98 Å². The number of aliphatic hydroxyl groups excluding tert-OH is 1. The molecule has 0 aliphatic carbocycles. The van der Waals surface area contributed by atoms with Crippen LogP contribution in [0.5, 0.6) is 5.75 Å². The Balaban J connectivity index is 0.853. The number of phenols is 1. The van der Waals surface area contributed by atoms with Crippen LogP contribution in [0.4, 0.5) is 0 Å². The quantitative estimate of drug-likeness (QED) is 0.0955. The molecule has 5 aromatic rings. The van der Waals surface area contributed by atoms with Crippen LogP contribution in [-0.2, 0) is 25.7 Å². The number of benzene rings is 2. The Labute approximate surface area is 358 Å². The number of aryl methyl sites for hydroxylation is 1. The van der Waals surface area contributed by atoms with Crippen molar-refractivity contribution in [3.05, 3.63) is 82.3 Å². The zero-order valence-corrected chi connectivity index (χ0v) is 36.2. The zero-order valence-electron chi connectivity index (χ0n) is 34.5. The molecule has 60 heavy (non-hydrogen) atoms. The summed E-state index contributed by atoms with van der Waals surface area (Å²) in [5.74, 6) is -0.499. The molecule has 0 spiro atoms. The van der Waals surface area contributed by atoms with Crippen molar-refractivity contribution in [2.45, 2.75) is 103 Å². The van der Waals surface area contributed by atoms with Crippen LogP contribution in [0.25, 0.3) is 31.9 Å². The van der Waals surface area contributed by atoms with Gasteiger partial charge in [0.05, 0.1) is 32.6 Å². The van der Waals surface area contributed by atoms with Crippen LogP contribution in [0.15, 0.2) is 66.2 Å². The number of carbonyl (C=O) groups is 4. The molecular weight excluding hydrogens is 799 g/mol. The van der Waals surface area contributed by atoms with Crippen molar-refractivity contribution in [2.24, 2.45) is 5.41 Å². The van der Waals surface area contributed by atoms with E-state index in [0.29, 0.717) is 49.5 Å². The molecule has 5 heterocycles. The molecule has 3 aromatic heterocycles. The van der Waals surface area contributed by atoms with Crippen molar-refractivity contribution < 1.29 is 29.4 Å². The average Bonchev–Trinajstić information content (AvgIpc) is 3.98. The summed E-state index contributed by atoms with van der Waals surface area (Å²) in [4.78, 5) is 63.8. The summed E-state index contributed by atoms with van der Waals surface area (Å²) in [6.45, 7) is 9.14. The number of para-hydroxylation sites is 1. The van der Waals surface area contributed by atoms with E-state index in [1.54, 1.807) is 34.8 Å². The van der Waals surface area contributed by atoms with E-state index in [4.69, 9.17) is 0 Å². The molecule has 4 N–H and O–H groups in total. The van der Waals surface area contributed by atoms with Crippen LogP contribution in [0.1, 0.15) is 87.8 Å². The number of unbranched alkanes of at least 4 members (excludes halogenated alkanes) is 1. The fraction of sp³-hybridized carbons (Fsp3) is 0.444. The first kappa shape index (κ1) is 42.9. The number of aromatic nitrogens is 3. The molecule has 316 valence electrons. The van der Waals surface area contributed by atoms with E-state index < -0.39 is 29.5 Å². The van der Waals surface area contributed by atoms with E-state index >= 15 is 0 Å². The van der Waals surface area contributed by atoms with Crippen molar-refractivity contribution in [3.63, 3.8) is 0 Å². The number of aromatic hydroxyl groups is 1. The number of fused-ring (bicyclic) bond motifs is 1. The van der Waals surface area contributed by atoms with Crippen LogP contribution in [0.3, 0.4) is 0 Å². The Morgan fingerprint density at radius 2 is 1.70 bits per heavy atom. The maximum Gasteiger partial charge on any atom is 0.246 e. The Morgan fingerprint density at radius 3 is 2.40 bits per heavy atom. The summed E-state index contributed by atoms with van der Waals surface area (Å²) in [7, 11) is 0.